The molecule has 3 rings (SSSR count). The van der Waals surface area contributed by atoms with E-state index in [-0.39, 0.29) is 12.8 Å². The third-order valence-electron chi connectivity index (χ3n) is 3.62. The number of hydrogen-bond acceptors (Lipinski definition) is 5. The molecule has 6 nitrogen and oxygen atoms in total. The maximum Gasteiger partial charge on any atom is 0.243 e. The van der Waals surface area contributed by atoms with Gasteiger partial charge in [0.1, 0.15) is 0 Å². The first-order chi connectivity index (χ1) is 9.48. The van der Waals surface area contributed by atoms with Crippen LogP contribution in [0.2, 0.25) is 0 Å². The van der Waals surface area contributed by atoms with Gasteiger partial charge in [-0.05, 0) is 25.5 Å². The first kappa shape index (κ1) is 13.7. The van der Waals surface area contributed by atoms with Crippen LogP contribution in [-0.4, -0.2) is 45.2 Å². The topological polar surface area (TPSA) is 67.9 Å². The van der Waals surface area contributed by atoms with Crippen molar-refractivity contribution in [2.45, 2.75) is 24.8 Å². The first-order valence-electron chi connectivity index (χ1n) is 6.62. The summed E-state index contributed by atoms with van der Waals surface area (Å²) in [5.41, 5.74) is 0.681. The highest BCUT2D eigenvalue weighted by Gasteiger charge is 2.31. The van der Waals surface area contributed by atoms with Crippen LogP contribution >= 0.6 is 0 Å². The Bertz CT molecular complexity index is 630. The van der Waals surface area contributed by atoms with Crippen LogP contribution in [0.4, 0.5) is 0 Å². The number of hydrogen-bond donors (Lipinski definition) is 1. The SMILES string of the molecule is Cc1cc2c(cc1S(=O)(=O)N1CCN[C@@H](C)C1)OCO2. The Balaban J connectivity index is 1.99. The molecule has 2 aliphatic rings. The molecule has 2 heterocycles. The van der Waals surface area contributed by atoms with Gasteiger partial charge in [-0.3, -0.25) is 0 Å². The van der Waals surface area contributed by atoms with Crippen molar-refractivity contribution in [2.24, 2.45) is 0 Å². The number of sulfonamides is 1. The zero-order chi connectivity index (χ0) is 14.3. The number of benzene rings is 1. The zero-order valence-corrected chi connectivity index (χ0v) is 12.4. The van der Waals surface area contributed by atoms with Crippen LogP contribution in [0.1, 0.15) is 12.5 Å². The lowest BCUT2D eigenvalue weighted by Crippen LogP contribution is -2.51. The second-order valence-electron chi connectivity index (χ2n) is 5.19. The van der Waals surface area contributed by atoms with E-state index < -0.39 is 10.0 Å². The molecule has 2 aliphatic heterocycles. The molecule has 0 radical (unpaired) electrons. The number of nitrogens with one attached hydrogen (secondary N) is 1. The molecule has 7 heteroatoms. The molecule has 1 aromatic rings. The van der Waals surface area contributed by atoms with Crippen molar-refractivity contribution < 1.29 is 17.9 Å². The fourth-order valence-electron chi connectivity index (χ4n) is 2.56. The number of piperazine rings is 1. The Morgan fingerprint density at radius 3 is 2.70 bits per heavy atom. The molecule has 0 saturated carbocycles. The number of fused-ring (bicyclic) bond motifs is 1. The maximum atomic E-state index is 12.8. The summed E-state index contributed by atoms with van der Waals surface area (Å²) in [6.07, 6.45) is 0. The van der Waals surface area contributed by atoms with Crippen molar-refractivity contribution in [3.8, 4) is 11.5 Å². The Kier molecular flexibility index (Phi) is 3.35. The molecule has 1 atom stereocenters. The normalized spacial score (nSPS) is 23.0. The van der Waals surface area contributed by atoms with Crippen LogP contribution < -0.4 is 14.8 Å². The lowest BCUT2D eigenvalue weighted by molar-refractivity contribution is 0.174. The van der Waals surface area contributed by atoms with Crippen LogP contribution in [0, 0.1) is 6.92 Å². The molecule has 1 aromatic carbocycles. The smallest absolute Gasteiger partial charge is 0.243 e. The molecule has 0 bridgehead atoms. The van der Waals surface area contributed by atoms with E-state index >= 15 is 0 Å². The standard InChI is InChI=1S/C13H18N2O4S/c1-9-5-11-12(19-8-18-11)6-13(9)20(16,17)15-4-3-14-10(2)7-15/h5-6,10,14H,3-4,7-8H2,1-2H3/t10-/m0/s1. The van der Waals surface area contributed by atoms with Gasteiger partial charge >= 0.3 is 0 Å². The number of rotatable bonds is 2. The fraction of sp³-hybridized carbons (Fsp3) is 0.538. The molecule has 0 aliphatic carbocycles. The maximum absolute atomic E-state index is 12.8. The van der Waals surface area contributed by atoms with Gasteiger partial charge in [0.15, 0.2) is 11.5 Å². The highest BCUT2D eigenvalue weighted by atomic mass is 32.2. The van der Waals surface area contributed by atoms with E-state index in [0.717, 1.165) is 0 Å². The average molecular weight is 298 g/mol. The van der Waals surface area contributed by atoms with Crippen molar-refractivity contribution in [1.29, 1.82) is 0 Å². The van der Waals surface area contributed by atoms with E-state index in [0.29, 0.717) is 41.6 Å². The molecular weight excluding hydrogens is 280 g/mol. The molecule has 1 N–H and O–H groups in total. The van der Waals surface area contributed by atoms with Gasteiger partial charge in [-0.25, -0.2) is 8.42 Å². The summed E-state index contributed by atoms with van der Waals surface area (Å²) in [6, 6.07) is 3.45. The summed E-state index contributed by atoms with van der Waals surface area (Å²) in [7, 11) is -3.49. The minimum Gasteiger partial charge on any atom is -0.454 e. The minimum absolute atomic E-state index is 0.142. The number of ether oxygens (including phenoxy) is 2. The van der Waals surface area contributed by atoms with Gasteiger partial charge in [-0.15, -0.1) is 0 Å². The molecule has 0 spiro atoms. The zero-order valence-electron chi connectivity index (χ0n) is 11.5. The highest BCUT2D eigenvalue weighted by molar-refractivity contribution is 7.89. The van der Waals surface area contributed by atoms with Gasteiger partial charge in [0.05, 0.1) is 4.90 Å². The van der Waals surface area contributed by atoms with Crippen molar-refractivity contribution in [2.75, 3.05) is 26.4 Å². The van der Waals surface area contributed by atoms with Crippen molar-refractivity contribution in [3.05, 3.63) is 17.7 Å². The lowest BCUT2D eigenvalue weighted by atomic mass is 10.2. The van der Waals surface area contributed by atoms with Crippen LogP contribution in [0.3, 0.4) is 0 Å². The quantitative estimate of drug-likeness (QED) is 0.871. The van der Waals surface area contributed by atoms with E-state index in [1.165, 1.54) is 4.31 Å². The fourth-order valence-corrected chi connectivity index (χ4v) is 4.31. The average Bonchev–Trinajstić information content (AvgIpc) is 2.84. The Labute approximate surface area is 118 Å². The van der Waals surface area contributed by atoms with Crippen LogP contribution in [0.25, 0.3) is 0 Å². The van der Waals surface area contributed by atoms with Gasteiger partial charge < -0.3 is 14.8 Å². The van der Waals surface area contributed by atoms with E-state index in [4.69, 9.17) is 9.47 Å². The van der Waals surface area contributed by atoms with Crippen LogP contribution in [0.5, 0.6) is 11.5 Å². The molecule has 0 aromatic heterocycles. The summed E-state index contributed by atoms with van der Waals surface area (Å²) in [5.74, 6) is 1.10. The molecule has 0 amide bonds. The van der Waals surface area contributed by atoms with Gasteiger partial charge in [0, 0.05) is 31.7 Å². The monoisotopic (exact) mass is 298 g/mol. The van der Waals surface area contributed by atoms with Gasteiger partial charge in [0.25, 0.3) is 0 Å². The van der Waals surface area contributed by atoms with E-state index in [9.17, 15) is 8.42 Å². The summed E-state index contributed by atoms with van der Waals surface area (Å²) in [6.45, 7) is 5.54. The predicted octanol–water partition coefficient (Wildman–Crippen LogP) is 0.706. The second kappa shape index (κ2) is 4.91. The van der Waals surface area contributed by atoms with E-state index in [1.54, 1.807) is 19.1 Å². The van der Waals surface area contributed by atoms with E-state index in [1.807, 2.05) is 6.92 Å². The Morgan fingerprint density at radius 1 is 1.30 bits per heavy atom. The van der Waals surface area contributed by atoms with E-state index in [2.05, 4.69) is 5.32 Å². The van der Waals surface area contributed by atoms with Crippen molar-refractivity contribution >= 4 is 10.0 Å². The van der Waals surface area contributed by atoms with Gasteiger partial charge in [-0.2, -0.15) is 4.31 Å². The third-order valence-corrected chi connectivity index (χ3v) is 5.63. The third kappa shape index (κ3) is 2.25. The molecule has 1 saturated heterocycles. The summed E-state index contributed by atoms with van der Waals surface area (Å²) in [5, 5.41) is 3.24. The predicted molar refractivity (Wildman–Crippen MR) is 73.5 cm³/mol. The van der Waals surface area contributed by atoms with Gasteiger partial charge in [0.2, 0.25) is 16.8 Å². The van der Waals surface area contributed by atoms with Crippen LogP contribution in [-0.2, 0) is 10.0 Å². The van der Waals surface area contributed by atoms with Gasteiger partial charge in [-0.1, -0.05) is 0 Å². The highest BCUT2D eigenvalue weighted by Crippen LogP contribution is 2.37. The Hall–Kier alpha value is -1.31. The van der Waals surface area contributed by atoms with Crippen molar-refractivity contribution in [1.82, 2.24) is 9.62 Å². The minimum atomic E-state index is -3.49. The molecule has 1 fully saturated rings. The summed E-state index contributed by atoms with van der Waals surface area (Å²) in [4.78, 5) is 0.302. The first-order valence-corrected chi connectivity index (χ1v) is 8.06. The number of nitrogens with zero attached hydrogens (tertiary/aromatic N) is 1. The molecule has 110 valence electrons. The number of aryl methyl sites for hydroxylation is 1. The lowest BCUT2D eigenvalue weighted by Gasteiger charge is -2.31. The molecule has 0 unspecified atom stereocenters. The summed E-state index contributed by atoms with van der Waals surface area (Å²) >= 11 is 0. The van der Waals surface area contributed by atoms with Crippen molar-refractivity contribution in [3.63, 3.8) is 0 Å². The molecular formula is C13H18N2O4S. The summed E-state index contributed by atoms with van der Waals surface area (Å²) < 4.78 is 37.6. The van der Waals surface area contributed by atoms with Crippen LogP contribution in [0.15, 0.2) is 17.0 Å². The molecule has 20 heavy (non-hydrogen) atoms. The second-order valence-corrected chi connectivity index (χ2v) is 7.10. The largest absolute Gasteiger partial charge is 0.454 e. The Morgan fingerprint density at radius 2 is 2.00 bits per heavy atom.